The first kappa shape index (κ1) is 36.4. The van der Waals surface area contributed by atoms with Gasteiger partial charge in [-0.1, -0.05) is 6.58 Å². The first-order valence-corrected chi connectivity index (χ1v) is 6.24. The number of aliphatic hydroxyl groups is 5. The number of aliphatic hydroxyl groups excluding tert-OH is 5. The van der Waals surface area contributed by atoms with E-state index in [0.29, 0.717) is 0 Å². The molecule has 0 radical (unpaired) electrons. The van der Waals surface area contributed by atoms with Crippen molar-refractivity contribution >= 4 is 5.97 Å². The third-order valence-corrected chi connectivity index (χ3v) is 0.175. The lowest BCUT2D eigenvalue weighted by molar-refractivity contribution is -0.131. The van der Waals surface area contributed by atoms with Crippen molar-refractivity contribution in [3.8, 4) is 0 Å². The minimum Gasteiger partial charge on any atom is -0.478 e. The molecule has 0 aromatic carbocycles. The van der Waals surface area contributed by atoms with Gasteiger partial charge in [0, 0.05) is 39.1 Å². The molecule has 7 nitrogen and oxygen atoms in total. The van der Waals surface area contributed by atoms with Crippen LogP contribution in [-0.2, 0) is 4.79 Å². The minimum atomic E-state index is -0.981. The molecule has 0 amide bonds. The summed E-state index contributed by atoms with van der Waals surface area (Å²) in [5.41, 5.74) is 0. The molecule has 0 heterocycles. The smallest absolute Gasteiger partial charge is 0.327 e. The molecule has 0 aliphatic carbocycles. The quantitative estimate of drug-likeness (QED) is 0.382. The molecule has 0 unspecified atom stereocenters. The fraction of sp³-hybridized carbons (Fsp3) is 0.769. The van der Waals surface area contributed by atoms with Gasteiger partial charge in [0.1, 0.15) is 0 Å². The van der Waals surface area contributed by atoms with Gasteiger partial charge in [-0.05, 0) is 34.6 Å². The van der Waals surface area contributed by atoms with Crippen molar-refractivity contribution in [3.05, 3.63) is 12.7 Å². The summed E-state index contributed by atoms with van der Waals surface area (Å²) in [4.78, 5) is 9.25. The van der Waals surface area contributed by atoms with Gasteiger partial charge in [0.05, 0.1) is 0 Å². The van der Waals surface area contributed by atoms with Crippen LogP contribution < -0.4 is 0 Å². The van der Waals surface area contributed by atoms with E-state index in [1.165, 1.54) is 0 Å². The Balaban J connectivity index is -0.0000000299. The van der Waals surface area contributed by atoms with Gasteiger partial charge in [0.25, 0.3) is 0 Å². The van der Waals surface area contributed by atoms with Crippen LogP contribution in [0.3, 0.4) is 0 Å². The van der Waals surface area contributed by atoms with E-state index in [2.05, 4.69) is 6.58 Å². The number of rotatable bonds is 1. The maximum absolute atomic E-state index is 9.25. The van der Waals surface area contributed by atoms with Crippen molar-refractivity contribution in [2.75, 3.05) is 33.0 Å². The van der Waals surface area contributed by atoms with E-state index in [1.54, 1.807) is 34.6 Å². The number of carboxylic acids is 1. The lowest BCUT2D eigenvalue weighted by atomic mass is 10.7. The van der Waals surface area contributed by atoms with Crippen molar-refractivity contribution in [1.29, 1.82) is 0 Å². The largest absolute Gasteiger partial charge is 0.478 e. The fourth-order valence-corrected chi connectivity index (χ4v) is 0. The van der Waals surface area contributed by atoms with Crippen molar-refractivity contribution in [3.63, 3.8) is 0 Å². The summed E-state index contributed by atoms with van der Waals surface area (Å²) in [5, 5.41) is 45.5. The molecular weight excluding hydrogens is 268 g/mol. The zero-order valence-electron chi connectivity index (χ0n) is 13.4. The van der Waals surface area contributed by atoms with E-state index in [4.69, 9.17) is 30.6 Å². The Morgan fingerprint density at radius 2 is 0.800 bits per heavy atom. The minimum absolute atomic E-state index is 0.250. The summed E-state index contributed by atoms with van der Waals surface area (Å²) in [7, 11) is 0. The summed E-state index contributed by atoms with van der Waals surface area (Å²) in [6.45, 7) is 12.6. The van der Waals surface area contributed by atoms with Crippen molar-refractivity contribution in [1.82, 2.24) is 0 Å². The number of hydrogen-bond donors (Lipinski definition) is 6. The molecule has 0 spiro atoms. The molecule has 0 aliphatic heterocycles. The molecule has 0 saturated heterocycles. The third-order valence-electron chi connectivity index (χ3n) is 0.175. The predicted octanol–water partition coefficient (Wildman–Crippen LogP) is 0.250. The van der Waals surface area contributed by atoms with Crippen molar-refractivity contribution < 1.29 is 35.4 Å². The van der Waals surface area contributed by atoms with Crippen LogP contribution in [-0.4, -0.2) is 69.6 Å². The predicted molar refractivity (Wildman–Crippen MR) is 81.6 cm³/mol. The van der Waals surface area contributed by atoms with Crippen LogP contribution in [0, 0.1) is 0 Å². The van der Waals surface area contributed by atoms with Gasteiger partial charge in [-0.15, -0.1) is 0 Å². The van der Waals surface area contributed by atoms with Crippen LogP contribution in [0.4, 0.5) is 0 Å². The zero-order chi connectivity index (χ0) is 17.8. The molecule has 7 heteroatoms. The Morgan fingerprint density at radius 1 is 0.750 bits per heavy atom. The van der Waals surface area contributed by atoms with Gasteiger partial charge in [-0.2, -0.15) is 0 Å². The number of hydrogen-bond acceptors (Lipinski definition) is 6. The Kier molecular flexibility index (Phi) is 148. The van der Waals surface area contributed by atoms with Gasteiger partial charge >= 0.3 is 5.97 Å². The molecule has 0 rings (SSSR count). The van der Waals surface area contributed by atoms with Crippen LogP contribution in [0.15, 0.2) is 12.7 Å². The number of carboxylic acid groups (broad SMARTS) is 1. The Hall–Kier alpha value is -0.990. The molecule has 0 fully saturated rings. The van der Waals surface area contributed by atoms with Gasteiger partial charge in [-0.25, -0.2) is 4.79 Å². The van der Waals surface area contributed by atoms with Crippen molar-refractivity contribution in [2.24, 2.45) is 0 Å². The first-order valence-electron chi connectivity index (χ1n) is 6.24. The second-order valence-corrected chi connectivity index (χ2v) is 2.12. The molecule has 0 bridgehead atoms. The van der Waals surface area contributed by atoms with E-state index in [1.807, 2.05) is 0 Å². The lowest BCUT2D eigenvalue weighted by Crippen LogP contribution is -1.82. The molecule has 0 saturated carbocycles. The SMILES string of the molecule is C=CC(=O)O.CCO.CCO.CCO.CCO.CCO. The maximum Gasteiger partial charge on any atom is 0.327 e. The summed E-state index contributed by atoms with van der Waals surface area (Å²) in [6, 6.07) is 0. The molecular formula is C13H34O7. The average Bonchev–Trinajstić information content (AvgIpc) is 2.34. The molecule has 6 N–H and O–H groups in total. The standard InChI is InChI=1S/C3H4O2.5C2H6O/c1-2-3(4)5;5*1-2-3/h2H,1H2,(H,4,5);5*3H,2H2,1H3. The topological polar surface area (TPSA) is 138 Å². The van der Waals surface area contributed by atoms with Gasteiger partial charge in [0.2, 0.25) is 0 Å². The van der Waals surface area contributed by atoms with E-state index >= 15 is 0 Å². The van der Waals surface area contributed by atoms with E-state index < -0.39 is 5.97 Å². The third kappa shape index (κ3) is 4270. The zero-order valence-corrected chi connectivity index (χ0v) is 13.4. The summed E-state index contributed by atoms with van der Waals surface area (Å²) >= 11 is 0. The van der Waals surface area contributed by atoms with Crippen LogP contribution >= 0.6 is 0 Å². The fourth-order valence-electron chi connectivity index (χ4n) is 0. The van der Waals surface area contributed by atoms with E-state index in [9.17, 15) is 4.79 Å². The van der Waals surface area contributed by atoms with E-state index in [0.717, 1.165) is 6.08 Å². The highest BCUT2D eigenvalue weighted by molar-refractivity contribution is 5.78. The molecule has 0 aliphatic rings. The first-order chi connectivity index (χ1) is 9.34. The summed E-state index contributed by atoms with van der Waals surface area (Å²) in [5.74, 6) is -0.981. The van der Waals surface area contributed by atoms with Crippen LogP contribution in [0.1, 0.15) is 34.6 Å². The summed E-state index contributed by atoms with van der Waals surface area (Å²) < 4.78 is 0. The highest BCUT2D eigenvalue weighted by atomic mass is 16.4. The van der Waals surface area contributed by atoms with Gasteiger partial charge < -0.3 is 30.6 Å². The monoisotopic (exact) mass is 302 g/mol. The average molecular weight is 302 g/mol. The van der Waals surface area contributed by atoms with Gasteiger partial charge in [-0.3, -0.25) is 0 Å². The van der Waals surface area contributed by atoms with Crippen LogP contribution in [0.5, 0.6) is 0 Å². The molecule has 20 heavy (non-hydrogen) atoms. The lowest BCUT2D eigenvalue weighted by Gasteiger charge is -1.64. The number of aliphatic carboxylic acids is 1. The highest BCUT2D eigenvalue weighted by Gasteiger charge is 1.73. The molecule has 0 aromatic heterocycles. The Bertz CT molecular complexity index is 108. The summed E-state index contributed by atoms with van der Waals surface area (Å²) in [6.07, 6.45) is 0.833. The van der Waals surface area contributed by atoms with Crippen LogP contribution in [0.2, 0.25) is 0 Å². The number of carbonyl (C=O) groups is 1. The second-order valence-electron chi connectivity index (χ2n) is 2.12. The molecule has 0 atom stereocenters. The van der Waals surface area contributed by atoms with Gasteiger partial charge in [0.15, 0.2) is 0 Å². The molecule has 0 aromatic rings. The van der Waals surface area contributed by atoms with Crippen LogP contribution in [0.25, 0.3) is 0 Å². The van der Waals surface area contributed by atoms with E-state index in [-0.39, 0.29) is 33.0 Å². The normalized spacial score (nSPS) is 6.10. The molecule has 128 valence electrons. The Labute approximate surface area is 122 Å². The second kappa shape index (κ2) is 81.2. The maximum atomic E-state index is 9.25. The highest BCUT2D eigenvalue weighted by Crippen LogP contribution is 1.54. The Morgan fingerprint density at radius 3 is 0.800 bits per heavy atom. The van der Waals surface area contributed by atoms with Crippen molar-refractivity contribution in [2.45, 2.75) is 34.6 Å².